The first-order valence-corrected chi connectivity index (χ1v) is 6.67. The zero-order valence-electron chi connectivity index (χ0n) is 11.8. The molecular weight excluding hydrogens is 244 g/mol. The summed E-state index contributed by atoms with van der Waals surface area (Å²) >= 11 is 0. The number of aromatic nitrogens is 1. The summed E-state index contributed by atoms with van der Waals surface area (Å²) in [5, 5.41) is 17.1. The van der Waals surface area contributed by atoms with E-state index < -0.39 is 4.92 Å². The molecule has 106 valence electrons. The van der Waals surface area contributed by atoms with E-state index in [9.17, 15) is 10.1 Å². The van der Waals surface area contributed by atoms with Crippen LogP contribution in [0.1, 0.15) is 33.6 Å². The summed E-state index contributed by atoms with van der Waals surface area (Å²) < 4.78 is 0. The van der Waals surface area contributed by atoms with E-state index in [1.807, 2.05) is 0 Å². The molecule has 0 aliphatic rings. The van der Waals surface area contributed by atoms with Crippen LogP contribution >= 0.6 is 0 Å². The highest BCUT2D eigenvalue weighted by atomic mass is 16.6. The monoisotopic (exact) mass is 266 g/mol. The molecule has 1 aromatic rings. The van der Waals surface area contributed by atoms with Gasteiger partial charge in [-0.2, -0.15) is 0 Å². The maximum absolute atomic E-state index is 10.9. The van der Waals surface area contributed by atoms with Crippen molar-refractivity contribution < 1.29 is 4.92 Å². The number of nitrogens with one attached hydrogen (secondary N) is 2. The van der Waals surface area contributed by atoms with Crippen molar-refractivity contribution in [1.82, 2.24) is 4.98 Å². The minimum atomic E-state index is -0.408. The third-order valence-corrected chi connectivity index (χ3v) is 2.64. The first-order chi connectivity index (χ1) is 9.04. The Balaban J connectivity index is 2.79. The largest absolute Gasteiger partial charge is 0.370 e. The summed E-state index contributed by atoms with van der Waals surface area (Å²) in [6, 6.07) is 3.13. The molecule has 0 unspecified atom stereocenters. The number of nitro groups is 1. The van der Waals surface area contributed by atoms with Gasteiger partial charge in [-0.15, -0.1) is 0 Å². The Bertz CT molecular complexity index is 421. The van der Waals surface area contributed by atoms with Gasteiger partial charge in [0.2, 0.25) is 5.82 Å². The van der Waals surface area contributed by atoms with Crippen LogP contribution in [0.5, 0.6) is 0 Å². The summed E-state index contributed by atoms with van der Waals surface area (Å²) in [5.74, 6) is 1.55. The van der Waals surface area contributed by atoms with E-state index >= 15 is 0 Å². The summed E-state index contributed by atoms with van der Waals surface area (Å²) in [6.45, 7) is 7.77. The average Bonchev–Trinajstić information content (AvgIpc) is 2.35. The van der Waals surface area contributed by atoms with Gasteiger partial charge in [0.1, 0.15) is 5.82 Å². The molecule has 0 bridgehead atoms. The fraction of sp³-hybridized carbons (Fsp3) is 0.615. The van der Waals surface area contributed by atoms with Gasteiger partial charge < -0.3 is 10.6 Å². The van der Waals surface area contributed by atoms with Gasteiger partial charge in [0.05, 0.1) is 4.92 Å². The van der Waals surface area contributed by atoms with E-state index in [0.29, 0.717) is 24.1 Å². The van der Waals surface area contributed by atoms with Crippen LogP contribution in [0.15, 0.2) is 12.1 Å². The van der Waals surface area contributed by atoms with Crippen molar-refractivity contribution in [3.63, 3.8) is 0 Å². The topological polar surface area (TPSA) is 80.1 Å². The molecule has 6 heteroatoms. The molecule has 0 spiro atoms. The number of pyridine rings is 1. The maximum atomic E-state index is 10.9. The Hall–Kier alpha value is -1.85. The maximum Gasteiger partial charge on any atom is 0.311 e. The highest BCUT2D eigenvalue weighted by Crippen LogP contribution is 2.24. The lowest BCUT2D eigenvalue weighted by Crippen LogP contribution is -2.10. The van der Waals surface area contributed by atoms with Crippen molar-refractivity contribution in [3.05, 3.63) is 22.2 Å². The molecule has 2 N–H and O–H groups in total. The third kappa shape index (κ3) is 5.11. The molecule has 0 saturated carbocycles. The number of nitrogens with zero attached hydrogens (tertiary/aromatic N) is 2. The van der Waals surface area contributed by atoms with Crippen LogP contribution in [-0.2, 0) is 0 Å². The Kier molecular flexibility index (Phi) is 6.05. The lowest BCUT2D eigenvalue weighted by molar-refractivity contribution is -0.384. The van der Waals surface area contributed by atoms with E-state index in [-0.39, 0.29) is 5.69 Å². The molecule has 0 aliphatic carbocycles. The fourth-order valence-corrected chi connectivity index (χ4v) is 1.56. The second kappa shape index (κ2) is 7.56. The number of rotatable bonds is 8. The minimum absolute atomic E-state index is 0.0193. The zero-order chi connectivity index (χ0) is 14.3. The van der Waals surface area contributed by atoms with E-state index in [4.69, 9.17) is 0 Å². The first-order valence-electron chi connectivity index (χ1n) is 6.67. The van der Waals surface area contributed by atoms with Crippen molar-refractivity contribution in [3.8, 4) is 0 Å². The van der Waals surface area contributed by atoms with Crippen LogP contribution in [0.3, 0.4) is 0 Å². The predicted octanol–water partition coefficient (Wildman–Crippen LogP) is 3.27. The molecule has 0 saturated heterocycles. The highest BCUT2D eigenvalue weighted by Gasteiger charge is 2.15. The van der Waals surface area contributed by atoms with Gasteiger partial charge >= 0.3 is 5.69 Å². The van der Waals surface area contributed by atoms with Gasteiger partial charge in [0.15, 0.2) is 0 Å². The van der Waals surface area contributed by atoms with E-state index in [1.165, 1.54) is 6.07 Å². The molecule has 0 aromatic carbocycles. The molecule has 0 fully saturated rings. The minimum Gasteiger partial charge on any atom is -0.370 e. The summed E-state index contributed by atoms with van der Waals surface area (Å²) in [4.78, 5) is 14.8. The van der Waals surface area contributed by atoms with E-state index in [0.717, 1.165) is 19.4 Å². The first kappa shape index (κ1) is 15.2. The van der Waals surface area contributed by atoms with Crippen LogP contribution in [0.4, 0.5) is 17.3 Å². The zero-order valence-corrected chi connectivity index (χ0v) is 11.8. The van der Waals surface area contributed by atoms with Crippen LogP contribution in [0, 0.1) is 16.0 Å². The Morgan fingerprint density at radius 2 is 2.05 bits per heavy atom. The molecule has 1 aromatic heterocycles. The number of anilines is 2. The molecule has 0 radical (unpaired) electrons. The summed E-state index contributed by atoms with van der Waals surface area (Å²) in [7, 11) is 0. The van der Waals surface area contributed by atoms with Gasteiger partial charge in [0, 0.05) is 19.2 Å². The normalized spacial score (nSPS) is 10.5. The van der Waals surface area contributed by atoms with Crippen molar-refractivity contribution in [1.29, 1.82) is 0 Å². The average molecular weight is 266 g/mol. The van der Waals surface area contributed by atoms with Gasteiger partial charge in [-0.05, 0) is 24.8 Å². The molecule has 19 heavy (non-hydrogen) atoms. The summed E-state index contributed by atoms with van der Waals surface area (Å²) in [6.07, 6.45) is 1.93. The second-order valence-corrected chi connectivity index (χ2v) is 4.86. The fourth-order valence-electron chi connectivity index (χ4n) is 1.56. The Labute approximate surface area is 113 Å². The molecule has 1 heterocycles. The lowest BCUT2D eigenvalue weighted by Gasteiger charge is -2.10. The van der Waals surface area contributed by atoms with Gasteiger partial charge in [-0.3, -0.25) is 10.1 Å². The Morgan fingerprint density at radius 3 is 2.63 bits per heavy atom. The molecular formula is C13H22N4O2. The number of hydrogen-bond acceptors (Lipinski definition) is 5. The van der Waals surface area contributed by atoms with Crippen molar-refractivity contribution >= 4 is 17.3 Å². The van der Waals surface area contributed by atoms with Crippen LogP contribution in [0.25, 0.3) is 0 Å². The summed E-state index contributed by atoms with van der Waals surface area (Å²) in [5.41, 5.74) is 0.0193. The lowest BCUT2D eigenvalue weighted by atomic mass is 10.1. The van der Waals surface area contributed by atoms with Crippen molar-refractivity contribution in [2.75, 3.05) is 23.7 Å². The van der Waals surface area contributed by atoms with E-state index in [2.05, 4.69) is 36.4 Å². The van der Waals surface area contributed by atoms with Gasteiger partial charge in [-0.25, -0.2) is 4.98 Å². The molecule has 6 nitrogen and oxygen atoms in total. The van der Waals surface area contributed by atoms with Crippen LogP contribution in [0.2, 0.25) is 0 Å². The number of hydrogen-bond donors (Lipinski definition) is 2. The van der Waals surface area contributed by atoms with Crippen molar-refractivity contribution in [2.45, 2.75) is 33.6 Å². The Morgan fingerprint density at radius 1 is 1.32 bits per heavy atom. The molecule has 0 aliphatic heterocycles. The predicted molar refractivity (Wildman–Crippen MR) is 77.6 cm³/mol. The second-order valence-electron chi connectivity index (χ2n) is 4.86. The highest BCUT2D eigenvalue weighted by molar-refractivity contribution is 5.60. The SMILES string of the molecule is CCCNc1ccc([N+](=O)[O-])c(NCCC(C)C)n1. The quantitative estimate of drug-likeness (QED) is 0.557. The molecule has 0 atom stereocenters. The standard InChI is InChI=1S/C13H22N4O2/c1-4-8-14-12-6-5-11(17(18)19)13(16-12)15-9-7-10(2)3/h5-6,10H,4,7-9H2,1-3H3,(H2,14,15,16). The molecule has 0 amide bonds. The van der Waals surface area contributed by atoms with Gasteiger partial charge in [-0.1, -0.05) is 20.8 Å². The van der Waals surface area contributed by atoms with Crippen LogP contribution < -0.4 is 10.6 Å². The molecule has 1 rings (SSSR count). The van der Waals surface area contributed by atoms with Crippen molar-refractivity contribution in [2.24, 2.45) is 5.92 Å². The van der Waals surface area contributed by atoms with Crippen LogP contribution in [-0.4, -0.2) is 23.0 Å². The third-order valence-electron chi connectivity index (χ3n) is 2.64. The van der Waals surface area contributed by atoms with E-state index in [1.54, 1.807) is 6.07 Å². The smallest absolute Gasteiger partial charge is 0.311 e. The van der Waals surface area contributed by atoms with Gasteiger partial charge in [0.25, 0.3) is 0 Å².